The molecule has 2 aromatic carbocycles. The molecule has 0 radical (unpaired) electrons. The van der Waals surface area contributed by atoms with Gasteiger partial charge in [0.05, 0.1) is 7.11 Å². The zero-order chi connectivity index (χ0) is 14.4. The highest BCUT2D eigenvalue weighted by Crippen LogP contribution is 2.22. The molecule has 3 nitrogen and oxygen atoms in total. The average molecular weight is 270 g/mol. The third-order valence-corrected chi connectivity index (χ3v) is 3.41. The molecule has 1 unspecified atom stereocenters. The lowest BCUT2D eigenvalue weighted by atomic mass is 10.00. The average Bonchev–Trinajstić information content (AvgIpc) is 2.48. The largest absolute Gasteiger partial charge is 0.497 e. The maximum Gasteiger partial charge on any atom is 0.118 e. The van der Waals surface area contributed by atoms with Crippen LogP contribution in [0.15, 0.2) is 48.5 Å². The van der Waals surface area contributed by atoms with Gasteiger partial charge in [0.1, 0.15) is 5.75 Å². The minimum absolute atomic E-state index is 0.145. The second kappa shape index (κ2) is 7.08. The Bertz CT molecular complexity index is 520. The summed E-state index contributed by atoms with van der Waals surface area (Å²) in [5.74, 6) is 0.873. The number of hydrogen-bond donors (Lipinski definition) is 2. The number of ether oxygens (including phenoxy) is 1. The molecule has 106 valence electrons. The van der Waals surface area contributed by atoms with Crippen LogP contribution >= 0.6 is 0 Å². The molecule has 2 rings (SSSR count). The molecule has 0 aliphatic rings. The summed E-state index contributed by atoms with van der Waals surface area (Å²) in [6.45, 7) is 0.644. The van der Waals surface area contributed by atoms with E-state index in [1.54, 1.807) is 7.11 Å². The summed E-state index contributed by atoms with van der Waals surface area (Å²) in [5.41, 5.74) is 15.2. The van der Waals surface area contributed by atoms with Crippen molar-refractivity contribution < 1.29 is 4.74 Å². The van der Waals surface area contributed by atoms with Crippen LogP contribution in [0.5, 0.6) is 5.75 Å². The SMILES string of the molecule is COc1ccc(-c2ccc(CC(N)CCN)cc2)cc1. The molecule has 0 fully saturated rings. The molecular weight excluding hydrogens is 248 g/mol. The standard InChI is InChI=1S/C17H22N2O/c1-20-17-8-6-15(7-9-17)14-4-2-13(3-5-14)12-16(19)10-11-18/h2-9,16H,10-12,18-19H2,1H3. The number of methoxy groups -OCH3 is 1. The quantitative estimate of drug-likeness (QED) is 0.848. The van der Waals surface area contributed by atoms with Crippen LogP contribution in [-0.2, 0) is 6.42 Å². The fourth-order valence-corrected chi connectivity index (χ4v) is 2.24. The minimum atomic E-state index is 0.145. The van der Waals surface area contributed by atoms with Gasteiger partial charge in [-0.3, -0.25) is 0 Å². The van der Waals surface area contributed by atoms with Crippen LogP contribution < -0.4 is 16.2 Å². The van der Waals surface area contributed by atoms with Gasteiger partial charge in [-0.2, -0.15) is 0 Å². The van der Waals surface area contributed by atoms with Gasteiger partial charge < -0.3 is 16.2 Å². The van der Waals surface area contributed by atoms with Crippen molar-refractivity contribution in [1.82, 2.24) is 0 Å². The predicted octanol–water partition coefficient (Wildman–Crippen LogP) is 2.58. The second-order valence-electron chi connectivity index (χ2n) is 4.97. The van der Waals surface area contributed by atoms with Gasteiger partial charge in [-0.15, -0.1) is 0 Å². The van der Waals surface area contributed by atoms with Crippen molar-refractivity contribution in [3.8, 4) is 16.9 Å². The van der Waals surface area contributed by atoms with Crippen LogP contribution in [0.25, 0.3) is 11.1 Å². The zero-order valence-electron chi connectivity index (χ0n) is 11.9. The molecule has 20 heavy (non-hydrogen) atoms. The Labute approximate surface area is 120 Å². The number of rotatable bonds is 6. The fraction of sp³-hybridized carbons (Fsp3) is 0.294. The molecule has 2 aromatic rings. The second-order valence-corrected chi connectivity index (χ2v) is 4.97. The first-order valence-corrected chi connectivity index (χ1v) is 6.92. The lowest BCUT2D eigenvalue weighted by Gasteiger charge is -2.11. The summed E-state index contributed by atoms with van der Waals surface area (Å²) in [6.07, 6.45) is 1.74. The van der Waals surface area contributed by atoms with E-state index in [4.69, 9.17) is 16.2 Å². The van der Waals surface area contributed by atoms with Crippen LogP contribution in [-0.4, -0.2) is 19.7 Å². The third kappa shape index (κ3) is 3.83. The number of nitrogens with two attached hydrogens (primary N) is 2. The lowest BCUT2D eigenvalue weighted by Crippen LogP contribution is -2.25. The van der Waals surface area contributed by atoms with Crippen LogP contribution in [0, 0.1) is 0 Å². The number of hydrogen-bond acceptors (Lipinski definition) is 3. The Morgan fingerprint density at radius 1 is 0.950 bits per heavy atom. The van der Waals surface area contributed by atoms with E-state index >= 15 is 0 Å². The topological polar surface area (TPSA) is 61.3 Å². The highest BCUT2D eigenvalue weighted by Gasteiger charge is 2.04. The Morgan fingerprint density at radius 2 is 1.50 bits per heavy atom. The summed E-state index contributed by atoms with van der Waals surface area (Å²) < 4.78 is 5.17. The van der Waals surface area contributed by atoms with Gasteiger partial charge in [0.25, 0.3) is 0 Å². The van der Waals surface area contributed by atoms with E-state index in [1.807, 2.05) is 12.1 Å². The Balaban J connectivity index is 2.07. The molecule has 0 heterocycles. The maximum atomic E-state index is 6.00. The molecule has 0 saturated carbocycles. The monoisotopic (exact) mass is 270 g/mol. The Hall–Kier alpha value is -1.84. The van der Waals surface area contributed by atoms with E-state index < -0.39 is 0 Å². The Kier molecular flexibility index (Phi) is 5.16. The molecule has 0 aliphatic heterocycles. The molecule has 0 aliphatic carbocycles. The van der Waals surface area contributed by atoms with Gasteiger partial charge in [-0.05, 0) is 48.2 Å². The normalized spacial score (nSPS) is 12.2. The van der Waals surface area contributed by atoms with Gasteiger partial charge in [0.15, 0.2) is 0 Å². The summed E-state index contributed by atoms with van der Waals surface area (Å²) >= 11 is 0. The molecule has 3 heteroatoms. The minimum Gasteiger partial charge on any atom is -0.497 e. The van der Waals surface area contributed by atoms with Gasteiger partial charge >= 0.3 is 0 Å². The molecular formula is C17H22N2O. The van der Waals surface area contributed by atoms with Crippen LogP contribution in [0.2, 0.25) is 0 Å². The van der Waals surface area contributed by atoms with E-state index in [0.717, 1.165) is 18.6 Å². The molecule has 0 bridgehead atoms. The molecule has 4 N–H and O–H groups in total. The van der Waals surface area contributed by atoms with Crippen molar-refractivity contribution in [3.63, 3.8) is 0 Å². The van der Waals surface area contributed by atoms with E-state index in [-0.39, 0.29) is 6.04 Å². The molecule has 0 saturated heterocycles. The zero-order valence-corrected chi connectivity index (χ0v) is 11.9. The predicted molar refractivity (Wildman–Crippen MR) is 83.8 cm³/mol. The van der Waals surface area contributed by atoms with E-state index in [2.05, 4.69) is 36.4 Å². The fourth-order valence-electron chi connectivity index (χ4n) is 2.24. The van der Waals surface area contributed by atoms with Gasteiger partial charge in [0, 0.05) is 6.04 Å². The molecule has 0 amide bonds. The van der Waals surface area contributed by atoms with Crippen molar-refractivity contribution in [2.75, 3.05) is 13.7 Å². The van der Waals surface area contributed by atoms with Crippen molar-refractivity contribution in [2.24, 2.45) is 11.5 Å². The smallest absolute Gasteiger partial charge is 0.118 e. The first-order chi connectivity index (χ1) is 9.72. The van der Waals surface area contributed by atoms with E-state index in [1.165, 1.54) is 16.7 Å². The van der Waals surface area contributed by atoms with Crippen molar-refractivity contribution in [2.45, 2.75) is 18.9 Å². The number of benzene rings is 2. The van der Waals surface area contributed by atoms with Crippen molar-refractivity contribution in [3.05, 3.63) is 54.1 Å². The highest BCUT2D eigenvalue weighted by molar-refractivity contribution is 5.64. The summed E-state index contributed by atoms with van der Waals surface area (Å²) in [6, 6.07) is 16.7. The first kappa shape index (κ1) is 14.6. The highest BCUT2D eigenvalue weighted by atomic mass is 16.5. The molecule has 0 aromatic heterocycles. The third-order valence-electron chi connectivity index (χ3n) is 3.41. The lowest BCUT2D eigenvalue weighted by molar-refractivity contribution is 0.415. The summed E-state index contributed by atoms with van der Waals surface area (Å²) in [7, 11) is 1.67. The van der Waals surface area contributed by atoms with Crippen LogP contribution in [0.1, 0.15) is 12.0 Å². The van der Waals surface area contributed by atoms with Crippen molar-refractivity contribution >= 4 is 0 Å². The van der Waals surface area contributed by atoms with Crippen molar-refractivity contribution in [1.29, 1.82) is 0 Å². The molecule has 0 spiro atoms. The summed E-state index contributed by atoms with van der Waals surface area (Å²) in [4.78, 5) is 0. The maximum absolute atomic E-state index is 6.00. The van der Waals surface area contributed by atoms with Gasteiger partial charge in [-0.25, -0.2) is 0 Å². The summed E-state index contributed by atoms with van der Waals surface area (Å²) in [5, 5.41) is 0. The molecule has 1 atom stereocenters. The van der Waals surface area contributed by atoms with E-state index in [0.29, 0.717) is 6.54 Å². The van der Waals surface area contributed by atoms with Crippen LogP contribution in [0.4, 0.5) is 0 Å². The van der Waals surface area contributed by atoms with Crippen LogP contribution in [0.3, 0.4) is 0 Å². The van der Waals surface area contributed by atoms with Gasteiger partial charge in [-0.1, -0.05) is 36.4 Å². The van der Waals surface area contributed by atoms with E-state index in [9.17, 15) is 0 Å². The first-order valence-electron chi connectivity index (χ1n) is 6.92. The Morgan fingerprint density at radius 3 is 2.00 bits per heavy atom. The van der Waals surface area contributed by atoms with Gasteiger partial charge in [0.2, 0.25) is 0 Å².